The monoisotopic (exact) mass is 348 g/mol. The molecule has 7 heteroatoms. The standard InChI is InChI=1S/C18H24N2O5/c21-16-9-12(11-20(16)13-5-3-1-2-4-6-13)17(22)19-10-14-7-8-15(25-14)18(23)24/h7-8,12-13H,1-6,9-11H2,(H,19,22)(H,23,24)/t12-/m1/s1. The molecule has 0 spiro atoms. The minimum absolute atomic E-state index is 0.0678. The van der Waals surface area contributed by atoms with Gasteiger partial charge in [0.25, 0.3) is 0 Å². The zero-order valence-electron chi connectivity index (χ0n) is 14.2. The number of furan rings is 1. The first-order chi connectivity index (χ1) is 12.0. The number of rotatable bonds is 5. The third kappa shape index (κ3) is 4.21. The zero-order valence-corrected chi connectivity index (χ0v) is 14.2. The van der Waals surface area contributed by atoms with Crippen molar-refractivity contribution in [3.63, 3.8) is 0 Å². The van der Waals surface area contributed by atoms with Crippen LogP contribution < -0.4 is 5.32 Å². The molecule has 2 amide bonds. The Hall–Kier alpha value is -2.31. The lowest BCUT2D eigenvalue weighted by Gasteiger charge is -2.27. The van der Waals surface area contributed by atoms with E-state index in [4.69, 9.17) is 9.52 Å². The van der Waals surface area contributed by atoms with Crippen molar-refractivity contribution >= 4 is 17.8 Å². The molecule has 1 aliphatic heterocycles. The summed E-state index contributed by atoms with van der Waals surface area (Å²) in [7, 11) is 0. The van der Waals surface area contributed by atoms with Gasteiger partial charge in [-0.2, -0.15) is 0 Å². The molecular formula is C18H24N2O5. The Balaban J connectivity index is 1.52. The highest BCUT2D eigenvalue weighted by molar-refractivity contribution is 5.89. The molecule has 1 aliphatic carbocycles. The SMILES string of the molecule is O=C(O)c1ccc(CNC(=O)[C@@H]2CC(=O)N(C3CCCCCC3)C2)o1. The van der Waals surface area contributed by atoms with Gasteiger partial charge < -0.3 is 19.7 Å². The van der Waals surface area contributed by atoms with Crippen LogP contribution in [0, 0.1) is 5.92 Å². The molecule has 1 aromatic rings. The van der Waals surface area contributed by atoms with Gasteiger partial charge in [-0.05, 0) is 25.0 Å². The molecule has 3 rings (SSSR count). The van der Waals surface area contributed by atoms with E-state index in [9.17, 15) is 14.4 Å². The van der Waals surface area contributed by atoms with Gasteiger partial charge in [-0.1, -0.05) is 25.7 Å². The van der Waals surface area contributed by atoms with E-state index in [0.29, 0.717) is 12.3 Å². The van der Waals surface area contributed by atoms with Crippen molar-refractivity contribution in [2.24, 2.45) is 5.92 Å². The Morgan fingerprint density at radius 3 is 2.56 bits per heavy atom. The van der Waals surface area contributed by atoms with E-state index in [1.165, 1.54) is 25.0 Å². The number of hydrogen-bond donors (Lipinski definition) is 2. The normalized spacial score (nSPS) is 22.0. The molecule has 2 N–H and O–H groups in total. The molecule has 1 saturated carbocycles. The van der Waals surface area contributed by atoms with Crippen LogP contribution in [0.2, 0.25) is 0 Å². The predicted octanol–water partition coefficient (Wildman–Crippen LogP) is 2.17. The second-order valence-electron chi connectivity index (χ2n) is 6.88. The lowest BCUT2D eigenvalue weighted by Crippen LogP contribution is -2.38. The Morgan fingerprint density at radius 2 is 1.92 bits per heavy atom. The molecule has 1 aromatic heterocycles. The van der Waals surface area contributed by atoms with Gasteiger partial charge in [-0.3, -0.25) is 9.59 Å². The summed E-state index contributed by atoms with van der Waals surface area (Å²) in [6.45, 7) is 0.605. The fourth-order valence-corrected chi connectivity index (χ4v) is 3.74. The van der Waals surface area contributed by atoms with Crippen molar-refractivity contribution in [1.82, 2.24) is 10.2 Å². The van der Waals surface area contributed by atoms with E-state index in [1.807, 2.05) is 4.90 Å². The fraction of sp³-hybridized carbons (Fsp3) is 0.611. The van der Waals surface area contributed by atoms with Crippen LogP contribution in [0.1, 0.15) is 61.3 Å². The smallest absolute Gasteiger partial charge is 0.371 e. The van der Waals surface area contributed by atoms with Crippen LogP contribution in [-0.2, 0) is 16.1 Å². The Kier molecular flexibility index (Phi) is 5.40. The van der Waals surface area contributed by atoms with Gasteiger partial charge in [-0.25, -0.2) is 4.79 Å². The number of nitrogens with one attached hydrogen (secondary N) is 1. The lowest BCUT2D eigenvalue weighted by molar-refractivity contribution is -0.130. The molecule has 2 aliphatic rings. The first-order valence-electron chi connectivity index (χ1n) is 8.94. The molecule has 7 nitrogen and oxygen atoms in total. The molecule has 0 bridgehead atoms. The molecule has 0 aromatic carbocycles. The van der Waals surface area contributed by atoms with E-state index in [-0.39, 0.29) is 42.5 Å². The van der Waals surface area contributed by atoms with Gasteiger partial charge in [0.15, 0.2) is 0 Å². The number of likely N-dealkylation sites (tertiary alicyclic amines) is 1. The minimum Gasteiger partial charge on any atom is -0.475 e. The van der Waals surface area contributed by atoms with Gasteiger partial charge in [0, 0.05) is 19.0 Å². The molecule has 0 unspecified atom stereocenters. The average Bonchev–Trinajstić information content (AvgIpc) is 3.12. The van der Waals surface area contributed by atoms with Crippen LogP contribution in [0.25, 0.3) is 0 Å². The number of amides is 2. The molecule has 0 radical (unpaired) electrons. The summed E-state index contributed by atoms with van der Waals surface area (Å²) >= 11 is 0. The number of nitrogens with zero attached hydrogens (tertiary/aromatic N) is 1. The number of carbonyl (C=O) groups excluding carboxylic acids is 2. The van der Waals surface area contributed by atoms with Crippen molar-refractivity contribution in [2.75, 3.05) is 6.54 Å². The van der Waals surface area contributed by atoms with Crippen LogP contribution >= 0.6 is 0 Å². The minimum atomic E-state index is -1.14. The molecule has 1 atom stereocenters. The van der Waals surface area contributed by atoms with Gasteiger partial charge >= 0.3 is 5.97 Å². The quantitative estimate of drug-likeness (QED) is 0.794. The fourth-order valence-electron chi connectivity index (χ4n) is 3.74. The van der Waals surface area contributed by atoms with Gasteiger partial charge in [-0.15, -0.1) is 0 Å². The van der Waals surface area contributed by atoms with Gasteiger partial charge in [0.1, 0.15) is 5.76 Å². The van der Waals surface area contributed by atoms with Crippen molar-refractivity contribution in [3.8, 4) is 0 Å². The third-order valence-electron chi connectivity index (χ3n) is 5.10. The highest BCUT2D eigenvalue weighted by Crippen LogP contribution is 2.28. The first kappa shape index (κ1) is 17.5. The van der Waals surface area contributed by atoms with Crippen LogP contribution in [0.15, 0.2) is 16.5 Å². The maximum atomic E-state index is 12.4. The second kappa shape index (κ2) is 7.72. The number of carboxylic acids is 1. The Labute approximate surface area is 146 Å². The van der Waals surface area contributed by atoms with Crippen molar-refractivity contribution in [2.45, 2.75) is 57.5 Å². The van der Waals surface area contributed by atoms with Crippen molar-refractivity contribution < 1.29 is 23.9 Å². The first-order valence-corrected chi connectivity index (χ1v) is 8.94. The van der Waals surface area contributed by atoms with Gasteiger partial charge in [0.05, 0.1) is 12.5 Å². The molecule has 25 heavy (non-hydrogen) atoms. The van der Waals surface area contributed by atoms with Crippen molar-refractivity contribution in [1.29, 1.82) is 0 Å². The van der Waals surface area contributed by atoms with E-state index >= 15 is 0 Å². The topological polar surface area (TPSA) is 99.8 Å². The van der Waals surface area contributed by atoms with Crippen LogP contribution in [-0.4, -0.2) is 40.4 Å². The van der Waals surface area contributed by atoms with Crippen LogP contribution in [0.5, 0.6) is 0 Å². The third-order valence-corrected chi connectivity index (χ3v) is 5.10. The molecule has 2 heterocycles. The predicted molar refractivity (Wildman–Crippen MR) is 88.8 cm³/mol. The van der Waals surface area contributed by atoms with Crippen LogP contribution in [0.3, 0.4) is 0 Å². The number of hydrogen-bond acceptors (Lipinski definition) is 4. The Bertz CT molecular complexity index is 646. The summed E-state index contributed by atoms with van der Waals surface area (Å²) in [5.74, 6) is -1.37. The van der Waals surface area contributed by atoms with E-state index < -0.39 is 5.97 Å². The zero-order chi connectivity index (χ0) is 17.8. The number of carboxylic acid groups (broad SMARTS) is 1. The average molecular weight is 348 g/mol. The van der Waals surface area contributed by atoms with E-state index in [2.05, 4.69) is 5.32 Å². The van der Waals surface area contributed by atoms with Gasteiger partial charge in [0.2, 0.25) is 17.6 Å². The summed E-state index contributed by atoms with van der Waals surface area (Å²) in [6.07, 6.45) is 7.06. The molecule has 136 valence electrons. The summed E-state index contributed by atoms with van der Waals surface area (Å²) in [4.78, 5) is 37.3. The highest BCUT2D eigenvalue weighted by atomic mass is 16.4. The van der Waals surface area contributed by atoms with E-state index in [0.717, 1.165) is 25.7 Å². The van der Waals surface area contributed by atoms with Crippen LogP contribution in [0.4, 0.5) is 0 Å². The maximum Gasteiger partial charge on any atom is 0.371 e. The largest absolute Gasteiger partial charge is 0.475 e. The van der Waals surface area contributed by atoms with Crippen molar-refractivity contribution in [3.05, 3.63) is 23.7 Å². The number of aromatic carboxylic acids is 1. The number of carbonyl (C=O) groups is 3. The molecule has 2 fully saturated rings. The summed E-state index contributed by atoms with van der Waals surface area (Å²) < 4.78 is 5.12. The second-order valence-corrected chi connectivity index (χ2v) is 6.88. The molecular weight excluding hydrogens is 324 g/mol. The van der Waals surface area contributed by atoms with E-state index in [1.54, 1.807) is 0 Å². The summed E-state index contributed by atoms with van der Waals surface area (Å²) in [5, 5.41) is 11.6. The lowest BCUT2D eigenvalue weighted by atomic mass is 10.1. The summed E-state index contributed by atoms with van der Waals surface area (Å²) in [6, 6.07) is 3.16. The highest BCUT2D eigenvalue weighted by Gasteiger charge is 2.37. The summed E-state index contributed by atoms with van der Waals surface area (Å²) in [5.41, 5.74) is 0. The molecule has 1 saturated heterocycles. The maximum absolute atomic E-state index is 12.4. The Morgan fingerprint density at radius 1 is 1.20 bits per heavy atom.